The van der Waals surface area contributed by atoms with Gasteiger partial charge in [0.2, 0.25) is 0 Å². The molecule has 2 heteroatoms. The molecule has 2 aromatic rings. The maximum atomic E-state index is 11.2. The van der Waals surface area contributed by atoms with E-state index in [2.05, 4.69) is 77.9 Å². The summed E-state index contributed by atoms with van der Waals surface area (Å²) in [6.45, 7) is 13.1. The number of hydrogen-bond donors (Lipinski definition) is 1. The summed E-state index contributed by atoms with van der Waals surface area (Å²) in [6.07, 6.45) is 0.0568. The Morgan fingerprint density at radius 1 is 0.875 bits per heavy atom. The normalized spacial score (nSPS) is 12.2. The van der Waals surface area contributed by atoms with Crippen molar-refractivity contribution in [3.63, 3.8) is 0 Å². The molecule has 0 spiro atoms. The Bertz CT molecular complexity index is 694. The highest BCUT2D eigenvalue weighted by Crippen LogP contribution is 2.41. The van der Waals surface area contributed by atoms with Gasteiger partial charge in [-0.1, -0.05) is 84.0 Å². The van der Waals surface area contributed by atoms with E-state index in [1.165, 1.54) is 22.3 Å². The van der Waals surface area contributed by atoms with Crippen LogP contribution in [0.1, 0.15) is 58.2 Å². The number of hydrogen-bond acceptors (Lipinski definition) is 1. The first-order chi connectivity index (χ1) is 11.0. The Hall–Kier alpha value is -2.09. The van der Waals surface area contributed by atoms with Gasteiger partial charge in [0.15, 0.2) is 0 Å². The fraction of sp³-hybridized carbons (Fsp3) is 0.409. The fourth-order valence-electron chi connectivity index (χ4n) is 3.08. The molecular weight excluding hydrogens is 296 g/mol. The fourth-order valence-corrected chi connectivity index (χ4v) is 3.08. The Balaban J connectivity index is 2.86. The Morgan fingerprint density at radius 3 is 1.71 bits per heavy atom. The number of aliphatic carboxylic acids is 1. The van der Waals surface area contributed by atoms with Crippen LogP contribution in [0.3, 0.4) is 0 Å². The second kappa shape index (κ2) is 6.43. The quantitative estimate of drug-likeness (QED) is 0.800. The predicted octanol–water partition coefficient (Wildman–Crippen LogP) is 5.58. The minimum atomic E-state index is -0.790. The molecule has 0 unspecified atom stereocenters. The van der Waals surface area contributed by atoms with Crippen molar-refractivity contribution in [2.24, 2.45) is 0 Å². The molecule has 2 nitrogen and oxygen atoms in total. The molecule has 0 aliphatic heterocycles. The molecule has 24 heavy (non-hydrogen) atoms. The summed E-state index contributed by atoms with van der Waals surface area (Å²) in [4.78, 5) is 11.2. The van der Waals surface area contributed by atoms with Gasteiger partial charge < -0.3 is 5.11 Å². The lowest BCUT2D eigenvalue weighted by atomic mass is 9.73. The average Bonchev–Trinajstić information content (AvgIpc) is 2.45. The van der Waals surface area contributed by atoms with Gasteiger partial charge in [0.1, 0.15) is 0 Å². The summed E-state index contributed by atoms with van der Waals surface area (Å²) in [7, 11) is 0. The monoisotopic (exact) mass is 324 g/mol. The van der Waals surface area contributed by atoms with Gasteiger partial charge in [0.05, 0.1) is 6.42 Å². The first-order valence-electron chi connectivity index (χ1n) is 8.45. The van der Waals surface area contributed by atoms with Crippen LogP contribution in [0.25, 0.3) is 11.1 Å². The molecule has 0 aliphatic rings. The largest absolute Gasteiger partial charge is 0.481 e. The zero-order valence-electron chi connectivity index (χ0n) is 15.6. The second-order valence-electron chi connectivity index (χ2n) is 8.50. The minimum Gasteiger partial charge on any atom is -0.481 e. The van der Waals surface area contributed by atoms with Gasteiger partial charge in [-0.15, -0.1) is 0 Å². The number of carbonyl (C=O) groups is 1. The maximum Gasteiger partial charge on any atom is 0.307 e. The molecule has 0 bridgehead atoms. The van der Waals surface area contributed by atoms with Gasteiger partial charge in [-0.3, -0.25) is 4.79 Å². The molecule has 0 saturated carbocycles. The molecule has 0 radical (unpaired) electrons. The van der Waals surface area contributed by atoms with Crippen molar-refractivity contribution in [1.82, 2.24) is 0 Å². The maximum absolute atomic E-state index is 11.2. The molecule has 0 saturated heterocycles. The Labute approximate surface area is 145 Å². The van der Waals surface area contributed by atoms with Crippen molar-refractivity contribution < 1.29 is 9.90 Å². The standard InChI is InChI=1S/C22H28O2/c1-21(2,3)17-12-15(14-19(23)24)13-18(22(4,5)6)20(17)16-10-8-7-9-11-16/h7-13H,14H2,1-6H3,(H,23,24). The molecule has 1 N–H and O–H groups in total. The molecular formula is C22H28O2. The zero-order chi connectivity index (χ0) is 18.1. The molecule has 0 amide bonds. The predicted molar refractivity (Wildman–Crippen MR) is 101 cm³/mol. The van der Waals surface area contributed by atoms with E-state index in [1.54, 1.807) is 0 Å². The van der Waals surface area contributed by atoms with E-state index in [4.69, 9.17) is 0 Å². The van der Waals surface area contributed by atoms with Crippen LogP contribution in [0.2, 0.25) is 0 Å². The highest BCUT2D eigenvalue weighted by molar-refractivity contribution is 5.76. The Kier molecular flexibility index (Phi) is 4.89. The summed E-state index contributed by atoms with van der Waals surface area (Å²) in [5.74, 6) is -0.790. The molecule has 2 aromatic carbocycles. The van der Waals surface area contributed by atoms with Crippen molar-refractivity contribution in [2.75, 3.05) is 0 Å². The van der Waals surface area contributed by atoms with E-state index < -0.39 is 5.97 Å². The van der Waals surface area contributed by atoms with Crippen LogP contribution in [0, 0.1) is 0 Å². The summed E-state index contributed by atoms with van der Waals surface area (Å²) >= 11 is 0. The third-order valence-corrected chi connectivity index (χ3v) is 4.23. The lowest BCUT2D eigenvalue weighted by molar-refractivity contribution is -0.136. The van der Waals surface area contributed by atoms with Crippen molar-refractivity contribution in [2.45, 2.75) is 58.8 Å². The van der Waals surface area contributed by atoms with Gasteiger partial charge in [-0.25, -0.2) is 0 Å². The number of carboxylic acid groups (broad SMARTS) is 1. The lowest BCUT2D eigenvalue weighted by Crippen LogP contribution is -2.20. The van der Waals surface area contributed by atoms with Crippen LogP contribution < -0.4 is 0 Å². The first kappa shape index (κ1) is 18.3. The topological polar surface area (TPSA) is 37.3 Å². The van der Waals surface area contributed by atoms with Crippen LogP contribution in [0.5, 0.6) is 0 Å². The van der Waals surface area contributed by atoms with E-state index in [0.29, 0.717) is 0 Å². The summed E-state index contributed by atoms with van der Waals surface area (Å²) < 4.78 is 0. The number of carboxylic acids is 1. The third kappa shape index (κ3) is 4.05. The van der Waals surface area contributed by atoms with E-state index >= 15 is 0 Å². The molecule has 0 atom stereocenters. The SMILES string of the molecule is CC(C)(C)c1cc(CC(=O)O)cc(C(C)(C)C)c1-c1ccccc1. The van der Waals surface area contributed by atoms with Crippen LogP contribution in [-0.4, -0.2) is 11.1 Å². The third-order valence-electron chi connectivity index (χ3n) is 4.23. The van der Waals surface area contributed by atoms with Crippen molar-refractivity contribution >= 4 is 5.97 Å². The average molecular weight is 324 g/mol. The van der Waals surface area contributed by atoms with Crippen LogP contribution >= 0.6 is 0 Å². The van der Waals surface area contributed by atoms with Crippen molar-refractivity contribution in [3.05, 3.63) is 59.2 Å². The van der Waals surface area contributed by atoms with Crippen LogP contribution in [0.15, 0.2) is 42.5 Å². The van der Waals surface area contributed by atoms with E-state index in [0.717, 1.165) is 5.56 Å². The lowest BCUT2D eigenvalue weighted by Gasteiger charge is -2.31. The van der Waals surface area contributed by atoms with E-state index in [1.807, 2.05) is 6.07 Å². The highest BCUT2D eigenvalue weighted by Gasteiger charge is 2.27. The summed E-state index contributed by atoms with van der Waals surface area (Å²) in [5.41, 5.74) is 5.57. The summed E-state index contributed by atoms with van der Waals surface area (Å²) in [5, 5.41) is 9.24. The molecule has 2 rings (SSSR count). The van der Waals surface area contributed by atoms with Crippen LogP contribution in [0.4, 0.5) is 0 Å². The van der Waals surface area contributed by atoms with Gasteiger partial charge in [-0.05, 0) is 38.6 Å². The second-order valence-corrected chi connectivity index (χ2v) is 8.50. The van der Waals surface area contributed by atoms with Gasteiger partial charge in [-0.2, -0.15) is 0 Å². The minimum absolute atomic E-state index is 0.0568. The van der Waals surface area contributed by atoms with E-state index in [-0.39, 0.29) is 17.3 Å². The first-order valence-corrected chi connectivity index (χ1v) is 8.45. The molecule has 0 aromatic heterocycles. The molecule has 0 aliphatic carbocycles. The Morgan fingerprint density at radius 2 is 1.33 bits per heavy atom. The molecule has 0 heterocycles. The number of benzene rings is 2. The zero-order valence-corrected chi connectivity index (χ0v) is 15.6. The van der Waals surface area contributed by atoms with Gasteiger partial charge in [0.25, 0.3) is 0 Å². The van der Waals surface area contributed by atoms with Crippen LogP contribution in [-0.2, 0) is 22.0 Å². The van der Waals surface area contributed by atoms with Crippen molar-refractivity contribution in [1.29, 1.82) is 0 Å². The van der Waals surface area contributed by atoms with Gasteiger partial charge in [0, 0.05) is 0 Å². The molecule has 128 valence electrons. The van der Waals surface area contributed by atoms with Crippen molar-refractivity contribution in [3.8, 4) is 11.1 Å². The summed E-state index contributed by atoms with van der Waals surface area (Å²) in [6, 6.07) is 14.6. The molecule has 0 fully saturated rings. The van der Waals surface area contributed by atoms with Gasteiger partial charge >= 0.3 is 5.97 Å². The van der Waals surface area contributed by atoms with E-state index in [9.17, 15) is 9.90 Å². The number of rotatable bonds is 3. The smallest absolute Gasteiger partial charge is 0.307 e. The highest BCUT2D eigenvalue weighted by atomic mass is 16.4.